The summed E-state index contributed by atoms with van der Waals surface area (Å²) in [5.41, 5.74) is 9.68. The van der Waals surface area contributed by atoms with Crippen LogP contribution in [0, 0.1) is 0 Å². The van der Waals surface area contributed by atoms with Gasteiger partial charge in [-0.15, -0.1) is 0 Å². The number of rotatable bonds is 3. The van der Waals surface area contributed by atoms with Gasteiger partial charge in [0.05, 0.1) is 18.2 Å². The molecule has 86 valence electrons. The van der Waals surface area contributed by atoms with Crippen molar-refractivity contribution in [2.75, 3.05) is 6.61 Å². The van der Waals surface area contributed by atoms with Crippen LogP contribution in [0.25, 0.3) is 21.3 Å². The molecule has 0 bridgehead atoms. The summed E-state index contributed by atoms with van der Waals surface area (Å²) in [6, 6.07) is 6.51. The standard InChI is InChI=1S/C11H9ClN4O/c12-8-4-3-7-2-1-5-14-11(7)10(8)9(6-17)15-16-13/h1-5,9,17H,6H2. The lowest BCUT2D eigenvalue weighted by Gasteiger charge is -2.12. The fraction of sp³-hybridized carbons (Fsp3) is 0.182. The number of benzene rings is 1. The Balaban J connectivity index is 2.73. The number of azide groups is 1. The molecule has 0 aliphatic rings. The Hall–Kier alpha value is -1.81. The van der Waals surface area contributed by atoms with E-state index in [1.54, 1.807) is 12.3 Å². The molecule has 1 aromatic heterocycles. The van der Waals surface area contributed by atoms with Gasteiger partial charge in [0, 0.05) is 27.1 Å². The van der Waals surface area contributed by atoms with Crippen molar-refractivity contribution in [3.8, 4) is 0 Å². The zero-order valence-electron chi connectivity index (χ0n) is 8.79. The van der Waals surface area contributed by atoms with Crippen molar-refractivity contribution in [3.63, 3.8) is 0 Å². The molecule has 0 saturated carbocycles. The largest absolute Gasteiger partial charge is 0.396 e. The molecule has 0 radical (unpaired) electrons. The van der Waals surface area contributed by atoms with Crippen LogP contribution in [0.1, 0.15) is 11.6 Å². The average molecular weight is 249 g/mol. The summed E-state index contributed by atoms with van der Waals surface area (Å²) in [7, 11) is 0. The fourth-order valence-electron chi connectivity index (χ4n) is 1.71. The Kier molecular flexibility index (Phi) is 3.44. The van der Waals surface area contributed by atoms with Gasteiger partial charge in [-0.05, 0) is 17.7 Å². The Morgan fingerprint density at radius 3 is 3.00 bits per heavy atom. The minimum atomic E-state index is -0.717. The van der Waals surface area contributed by atoms with Crippen LogP contribution in [0.4, 0.5) is 0 Å². The zero-order chi connectivity index (χ0) is 12.3. The number of pyridine rings is 1. The molecule has 1 unspecified atom stereocenters. The van der Waals surface area contributed by atoms with Crippen molar-refractivity contribution in [3.05, 3.63) is 51.5 Å². The second kappa shape index (κ2) is 5.01. The van der Waals surface area contributed by atoms with Crippen LogP contribution >= 0.6 is 11.6 Å². The molecule has 2 aromatic rings. The predicted octanol–water partition coefficient (Wildman–Crippen LogP) is 3.23. The normalized spacial score (nSPS) is 12.1. The van der Waals surface area contributed by atoms with Gasteiger partial charge in [0.2, 0.25) is 0 Å². The van der Waals surface area contributed by atoms with Crippen LogP contribution < -0.4 is 0 Å². The number of nitrogens with zero attached hydrogens (tertiary/aromatic N) is 4. The van der Waals surface area contributed by atoms with E-state index >= 15 is 0 Å². The summed E-state index contributed by atoms with van der Waals surface area (Å²) in [6.45, 7) is -0.306. The number of hydrogen-bond donors (Lipinski definition) is 1. The Morgan fingerprint density at radius 1 is 1.47 bits per heavy atom. The first kappa shape index (κ1) is 11.7. The lowest BCUT2D eigenvalue weighted by Crippen LogP contribution is -2.03. The molecule has 1 aromatic carbocycles. The summed E-state index contributed by atoms with van der Waals surface area (Å²) < 4.78 is 0. The summed E-state index contributed by atoms with van der Waals surface area (Å²) >= 11 is 6.08. The Morgan fingerprint density at radius 2 is 2.29 bits per heavy atom. The minimum absolute atomic E-state index is 0.306. The van der Waals surface area contributed by atoms with E-state index in [9.17, 15) is 5.11 Å². The lowest BCUT2D eigenvalue weighted by atomic mass is 10.0. The molecule has 17 heavy (non-hydrogen) atoms. The van der Waals surface area contributed by atoms with Gasteiger partial charge in [-0.3, -0.25) is 4.98 Å². The minimum Gasteiger partial charge on any atom is -0.396 e. The second-order valence-electron chi connectivity index (χ2n) is 3.44. The second-order valence-corrected chi connectivity index (χ2v) is 3.85. The fourth-order valence-corrected chi connectivity index (χ4v) is 1.99. The summed E-state index contributed by atoms with van der Waals surface area (Å²) in [5, 5.41) is 14.1. The summed E-state index contributed by atoms with van der Waals surface area (Å²) in [4.78, 5) is 6.92. The first-order valence-corrected chi connectivity index (χ1v) is 5.34. The number of fused-ring (bicyclic) bond motifs is 1. The van der Waals surface area contributed by atoms with Crippen molar-refractivity contribution in [1.82, 2.24) is 4.98 Å². The van der Waals surface area contributed by atoms with Gasteiger partial charge in [0.1, 0.15) is 0 Å². The van der Waals surface area contributed by atoms with E-state index in [0.717, 1.165) is 5.39 Å². The molecule has 0 aliphatic heterocycles. The smallest absolute Gasteiger partial charge is 0.0892 e. The van der Waals surface area contributed by atoms with Crippen LogP contribution in [-0.2, 0) is 0 Å². The number of hydrogen-bond acceptors (Lipinski definition) is 3. The van der Waals surface area contributed by atoms with Crippen LogP contribution in [0.2, 0.25) is 5.02 Å². The first-order valence-electron chi connectivity index (χ1n) is 4.96. The lowest BCUT2D eigenvalue weighted by molar-refractivity contribution is 0.268. The van der Waals surface area contributed by atoms with E-state index in [0.29, 0.717) is 16.1 Å². The molecule has 5 nitrogen and oxygen atoms in total. The molecule has 1 heterocycles. The number of aliphatic hydroxyl groups is 1. The van der Waals surface area contributed by atoms with Crippen LogP contribution in [0.15, 0.2) is 35.6 Å². The van der Waals surface area contributed by atoms with E-state index in [-0.39, 0.29) is 6.61 Å². The van der Waals surface area contributed by atoms with Gasteiger partial charge in [0.15, 0.2) is 0 Å². The van der Waals surface area contributed by atoms with E-state index in [1.807, 2.05) is 18.2 Å². The first-order chi connectivity index (χ1) is 8.27. The highest BCUT2D eigenvalue weighted by Crippen LogP contribution is 2.31. The zero-order valence-corrected chi connectivity index (χ0v) is 9.54. The molecule has 0 amide bonds. The van der Waals surface area contributed by atoms with Gasteiger partial charge < -0.3 is 5.11 Å². The number of aromatic nitrogens is 1. The van der Waals surface area contributed by atoms with Crippen LogP contribution in [-0.4, -0.2) is 16.7 Å². The van der Waals surface area contributed by atoms with Crippen molar-refractivity contribution in [1.29, 1.82) is 0 Å². The molecule has 6 heteroatoms. The third kappa shape index (κ3) is 2.17. The molecule has 0 fully saturated rings. The highest BCUT2D eigenvalue weighted by Gasteiger charge is 2.16. The van der Waals surface area contributed by atoms with Crippen molar-refractivity contribution >= 4 is 22.5 Å². The maximum absolute atomic E-state index is 9.24. The third-order valence-corrected chi connectivity index (χ3v) is 2.79. The Labute approximate surface area is 102 Å². The highest BCUT2D eigenvalue weighted by atomic mass is 35.5. The van der Waals surface area contributed by atoms with Gasteiger partial charge in [-0.25, -0.2) is 0 Å². The highest BCUT2D eigenvalue weighted by molar-refractivity contribution is 6.32. The van der Waals surface area contributed by atoms with Crippen LogP contribution in [0.5, 0.6) is 0 Å². The molecule has 0 spiro atoms. The molecule has 1 N–H and O–H groups in total. The van der Waals surface area contributed by atoms with E-state index in [2.05, 4.69) is 15.0 Å². The quantitative estimate of drug-likeness (QED) is 0.514. The SMILES string of the molecule is [N-]=[N+]=NC(CO)c1c(Cl)ccc2cccnc12. The number of aliphatic hydroxyl groups excluding tert-OH is 1. The van der Waals surface area contributed by atoms with Gasteiger partial charge >= 0.3 is 0 Å². The topological polar surface area (TPSA) is 81.9 Å². The van der Waals surface area contributed by atoms with Crippen molar-refractivity contribution < 1.29 is 5.11 Å². The monoisotopic (exact) mass is 248 g/mol. The Bertz CT molecular complexity index is 595. The molecular weight excluding hydrogens is 240 g/mol. The molecular formula is C11H9ClN4O. The maximum atomic E-state index is 9.24. The molecule has 0 aliphatic carbocycles. The van der Waals surface area contributed by atoms with E-state index in [4.69, 9.17) is 17.1 Å². The van der Waals surface area contributed by atoms with Gasteiger partial charge in [0.25, 0.3) is 0 Å². The molecule has 2 rings (SSSR count). The van der Waals surface area contributed by atoms with Crippen molar-refractivity contribution in [2.24, 2.45) is 5.11 Å². The van der Waals surface area contributed by atoms with Gasteiger partial charge in [-0.2, -0.15) is 0 Å². The van der Waals surface area contributed by atoms with E-state index in [1.165, 1.54) is 0 Å². The number of halogens is 1. The molecule has 0 saturated heterocycles. The molecule has 1 atom stereocenters. The van der Waals surface area contributed by atoms with Gasteiger partial charge in [-0.1, -0.05) is 28.8 Å². The average Bonchev–Trinajstić information content (AvgIpc) is 2.37. The van der Waals surface area contributed by atoms with Crippen LogP contribution in [0.3, 0.4) is 0 Å². The predicted molar refractivity (Wildman–Crippen MR) is 65.7 cm³/mol. The van der Waals surface area contributed by atoms with E-state index < -0.39 is 6.04 Å². The summed E-state index contributed by atoms with van der Waals surface area (Å²) in [5.74, 6) is 0. The maximum Gasteiger partial charge on any atom is 0.0892 e. The van der Waals surface area contributed by atoms with Crippen molar-refractivity contribution in [2.45, 2.75) is 6.04 Å². The third-order valence-electron chi connectivity index (χ3n) is 2.46. The summed E-state index contributed by atoms with van der Waals surface area (Å²) in [6.07, 6.45) is 1.63.